The maximum atomic E-state index is 13.4. The van der Waals surface area contributed by atoms with E-state index in [2.05, 4.69) is 0 Å². The fourth-order valence-electron chi connectivity index (χ4n) is 1.81. The van der Waals surface area contributed by atoms with E-state index >= 15 is 0 Å². The fourth-order valence-corrected chi connectivity index (χ4v) is 2.57. The molecule has 2 rings (SSSR count). The van der Waals surface area contributed by atoms with Crippen LogP contribution in [-0.2, 0) is 16.6 Å². The van der Waals surface area contributed by atoms with Gasteiger partial charge in [0.1, 0.15) is 18.2 Å². The highest BCUT2D eigenvalue weighted by Gasteiger charge is 2.12. The van der Waals surface area contributed by atoms with Crippen molar-refractivity contribution in [2.24, 2.45) is 5.14 Å². The molecule has 0 aromatic heterocycles. The van der Waals surface area contributed by atoms with Gasteiger partial charge in [-0.3, -0.25) is 0 Å². The molecule has 0 fully saturated rings. The molecule has 0 bridgehead atoms. The summed E-state index contributed by atoms with van der Waals surface area (Å²) in [5, 5.41) is 5.07. The lowest BCUT2D eigenvalue weighted by atomic mass is 10.2. The number of benzene rings is 2. The van der Waals surface area contributed by atoms with E-state index in [4.69, 9.17) is 9.88 Å². The van der Waals surface area contributed by atoms with Gasteiger partial charge in [-0.25, -0.2) is 17.9 Å². The molecular weight excluding hydrogens is 281 g/mol. The number of hydrogen-bond acceptors (Lipinski definition) is 3. The summed E-state index contributed by atoms with van der Waals surface area (Å²) in [6, 6.07) is 10.7. The number of nitrogens with two attached hydrogens (primary N) is 1. The van der Waals surface area contributed by atoms with E-state index in [1.165, 1.54) is 18.2 Å². The van der Waals surface area contributed by atoms with Crippen LogP contribution in [0.3, 0.4) is 0 Å². The van der Waals surface area contributed by atoms with Crippen molar-refractivity contribution < 1.29 is 17.5 Å². The summed E-state index contributed by atoms with van der Waals surface area (Å²) in [5.41, 5.74) is 0.916. The minimum atomic E-state index is -3.74. The van der Waals surface area contributed by atoms with E-state index in [-0.39, 0.29) is 17.3 Å². The third-order valence-corrected chi connectivity index (χ3v) is 3.88. The Morgan fingerprint density at radius 3 is 2.50 bits per heavy atom. The Morgan fingerprint density at radius 2 is 1.90 bits per heavy atom. The molecule has 0 unspecified atom stereocenters. The fraction of sp³-hybridized carbons (Fsp3) is 0.143. The third-order valence-electron chi connectivity index (χ3n) is 2.81. The first-order valence-electron chi connectivity index (χ1n) is 5.87. The molecule has 0 amide bonds. The largest absolute Gasteiger partial charge is 0.489 e. The van der Waals surface area contributed by atoms with Gasteiger partial charge in [-0.2, -0.15) is 0 Å². The van der Waals surface area contributed by atoms with Gasteiger partial charge < -0.3 is 4.74 Å². The summed E-state index contributed by atoms with van der Waals surface area (Å²) >= 11 is 0. The van der Waals surface area contributed by atoms with Crippen molar-refractivity contribution in [1.82, 2.24) is 0 Å². The molecule has 0 heterocycles. The van der Waals surface area contributed by atoms with Crippen LogP contribution in [0.15, 0.2) is 47.4 Å². The highest BCUT2D eigenvalue weighted by Crippen LogP contribution is 2.21. The van der Waals surface area contributed by atoms with Crippen LogP contribution >= 0.6 is 0 Å². The second kappa shape index (κ2) is 5.60. The van der Waals surface area contributed by atoms with Crippen molar-refractivity contribution in [2.75, 3.05) is 0 Å². The lowest BCUT2D eigenvalue weighted by Crippen LogP contribution is -2.13. The highest BCUT2D eigenvalue weighted by atomic mass is 32.2. The Kier molecular flexibility index (Phi) is 4.06. The van der Waals surface area contributed by atoms with Crippen LogP contribution in [0, 0.1) is 12.7 Å². The molecular formula is C14H14FNO3S. The second-order valence-electron chi connectivity index (χ2n) is 4.35. The van der Waals surface area contributed by atoms with E-state index in [1.54, 1.807) is 31.2 Å². The molecule has 6 heteroatoms. The van der Waals surface area contributed by atoms with E-state index < -0.39 is 10.0 Å². The maximum Gasteiger partial charge on any atom is 0.238 e. The number of primary sulfonamides is 1. The highest BCUT2D eigenvalue weighted by molar-refractivity contribution is 7.89. The summed E-state index contributed by atoms with van der Waals surface area (Å²) in [4.78, 5) is 0.0516. The molecule has 0 aliphatic carbocycles. The van der Waals surface area contributed by atoms with Gasteiger partial charge in [-0.1, -0.05) is 18.2 Å². The van der Waals surface area contributed by atoms with Gasteiger partial charge in [0.05, 0.1) is 4.90 Å². The lowest BCUT2D eigenvalue weighted by molar-refractivity contribution is 0.299. The summed E-state index contributed by atoms with van der Waals surface area (Å²) in [6.07, 6.45) is 0. The molecule has 2 aromatic carbocycles. The molecule has 4 nitrogen and oxygen atoms in total. The average molecular weight is 295 g/mol. The first-order chi connectivity index (χ1) is 9.38. The molecule has 0 aliphatic rings. The van der Waals surface area contributed by atoms with Gasteiger partial charge >= 0.3 is 0 Å². The first-order valence-corrected chi connectivity index (χ1v) is 7.42. The average Bonchev–Trinajstić information content (AvgIpc) is 2.36. The van der Waals surface area contributed by atoms with Crippen LogP contribution in [0.5, 0.6) is 5.75 Å². The van der Waals surface area contributed by atoms with Gasteiger partial charge in [0.25, 0.3) is 0 Å². The molecule has 0 radical (unpaired) electrons. The van der Waals surface area contributed by atoms with Crippen LogP contribution in [0.2, 0.25) is 0 Å². The number of halogens is 1. The van der Waals surface area contributed by atoms with Gasteiger partial charge in [0.2, 0.25) is 10.0 Å². The predicted octanol–water partition coefficient (Wildman–Crippen LogP) is 2.36. The SMILES string of the molecule is Cc1cc(OCc2ccccc2F)ccc1S(N)(=O)=O. The minimum absolute atomic E-state index is 0.0516. The molecule has 106 valence electrons. The maximum absolute atomic E-state index is 13.4. The van der Waals surface area contributed by atoms with Crippen LogP contribution in [0.1, 0.15) is 11.1 Å². The molecule has 0 saturated carbocycles. The summed E-state index contributed by atoms with van der Waals surface area (Å²) in [6.45, 7) is 1.69. The van der Waals surface area contributed by atoms with E-state index in [0.29, 0.717) is 16.9 Å². The molecule has 20 heavy (non-hydrogen) atoms. The molecule has 0 atom stereocenters. The van der Waals surface area contributed by atoms with Crippen LogP contribution in [0.4, 0.5) is 4.39 Å². The van der Waals surface area contributed by atoms with Crippen molar-refractivity contribution in [1.29, 1.82) is 0 Å². The standard InChI is InChI=1S/C14H14FNO3S/c1-10-8-12(6-7-14(10)20(16,17)18)19-9-11-4-2-3-5-13(11)15/h2-8H,9H2,1H3,(H2,16,17,18). The summed E-state index contributed by atoms with van der Waals surface area (Å²) < 4.78 is 41.4. The van der Waals surface area contributed by atoms with Gasteiger partial charge in [0.15, 0.2) is 0 Å². The van der Waals surface area contributed by atoms with Crippen molar-refractivity contribution in [2.45, 2.75) is 18.4 Å². The number of ether oxygens (including phenoxy) is 1. The minimum Gasteiger partial charge on any atom is -0.489 e. The zero-order chi connectivity index (χ0) is 14.8. The van der Waals surface area contributed by atoms with E-state index in [0.717, 1.165) is 0 Å². The zero-order valence-corrected chi connectivity index (χ0v) is 11.7. The number of hydrogen-bond donors (Lipinski definition) is 1. The van der Waals surface area contributed by atoms with E-state index in [9.17, 15) is 12.8 Å². The van der Waals surface area contributed by atoms with Crippen LogP contribution in [0.25, 0.3) is 0 Å². The van der Waals surface area contributed by atoms with Gasteiger partial charge in [0, 0.05) is 5.56 Å². The summed E-state index contributed by atoms with van der Waals surface area (Å²) in [7, 11) is -3.74. The smallest absolute Gasteiger partial charge is 0.238 e. The lowest BCUT2D eigenvalue weighted by Gasteiger charge is -2.09. The van der Waals surface area contributed by atoms with Crippen LogP contribution < -0.4 is 9.88 Å². The van der Waals surface area contributed by atoms with Crippen LogP contribution in [-0.4, -0.2) is 8.42 Å². The first kappa shape index (κ1) is 14.5. The number of rotatable bonds is 4. The molecule has 2 N–H and O–H groups in total. The summed E-state index contributed by atoms with van der Waals surface area (Å²) in [5.74, 6) is 0.114. The predicted molar refractivity (Wildman–Crippen MR) is 73.3 cm³/mol. The second-order valence-corrected chi connectivity index (χ2v) is 5.88. The Morgan fingerprint density at radius 1 is 1.20 bits per heavy atom. The Bertz CT molecular complexity index is 729. The van der Waals surface area contributed by atoms with Crippen molar-refractivity contribution in [3.63, 3.8) is 0 Å². The van der Waals surface area contributed by atoms with Crippen molar-refractivity contribution >= 4 is 10.0 Å². The van der Waals surface area contributed by atoms with Crippen molar-refractivity contribution in [3.8, 4) is 5.75 Å². The van der Waals surface area contributed by atoms with Crippen molar-refractivity contribution in [3.05, 3.63) is 59.4 Å². The normalized spacial score (nSPS) is 11.3. The number of sulfonamides is 1. The van der Waals surface area contributed by atoms with Gasteiger partial charge in [-0.05, 0) is 36.8 Å². The zero-order valence-electron chi connectivity index (χ0n) is 10.8. The quantitative estimate of drug-likeness (QED) is 0.941. The molecule has 0 saturated heterocycles. The van der Waals surface area contributed by atoms with Gasteiger partial charge in [-0.15, -0.1) is 0 Å². The number of aryl methyl sites for hydroxylation is 1. The molecule has 0 spiro atoms. The Labute approximate surface area is 117 Å². The molecule has 0 aliphatic heterocycles. The Hall–Kier alpha value is -1.92. The Balaban J connectivity index is 2.16. The third kappa shape index (κ3) is 3.34. The van der Waals surface area contributed by atoms with E-state index in [1.807, 2.05) is 0 Å². The topological polar surface area (TPSA) is 69.4 Å². The monoisotopic (exact) mass is 295 g/mol. The molecule has 2 aromatic rings.